The van der Waals surface area contributed by atoms with Crippen LogP contribution < -0.4 is 10.4 Å². The van der Waals surface area contributed by atoms with Crippen molar-refractivity contribution < 1.29 is 9.22 Å². The van der Waals surface area contributed by atoms with E-state index in [1.807, 2.05) is 23.1 Å². The normalized spacial score (nSPS) is 18.1. The minimum Gasteiger partial charge on any atom is -0.403 e. The zero-order valence-corrected chi connectivity index (χ0v) is 32.3. The van der Waals surface area contributed by atoms with Crippen molar-refractivity contribution in [3.05, 3.63) is 144 Å². The maximum Gasteiger partial charge on any atom is 0.261 e. The molecule has 0 saturated carbocycles. The second-order valence-electron chi connectivity index (χ2n) is 14.8. The van der Waals surface area contributed by atoms with Gasteiger partial charge in [0.1, 0.15) is 0 Å². The fourth-order valence-electron chi connectivity index (χ4n) is 7.97. The van der Waals surface area contributed by atoms with Crippen LogP contribution in [0.5, 0.6) is 0 Å². The van der Waals surface area contributed by atoms with E-state index in [0.717, 1.165) is 36.3 Å². The summed E-state index contributed by atoms with van der Waals surface area (Å²) in [6.07, 6.45) is 2.00. The van der Waals surface area contributed by atoms with E-state index >= 15 is 0 Å². The van der Waals surface area contributed by atoms with Crippen LogP contribution in [-0.2, 0) is 11.0 Å². The summed E-state index contributed by atoms with van der Waals surface area (Å²) in [5, 5.41) is 2.43. The highest BCUT2D eigenvalue weighted by Crippen LogP contribution is 2.39. The van der Waals surface area contributed by atoms with Crippen LogP contribution in [0.4, 0.5) is 0 Å². The molecule has 1 aliphatic heterocycles. The van der Waals surface area contributed by atoms with E-state index in [9.17, 15) is 4.79 Å². The lowest BCUT2D eigenvalue weighted by Gasteiger charge is -2.48. The molecule has 1 saturated heterocycles. The fraction of sp³-hybridized carbons (Fsp3) is 0.386. The molecule has 264 valence electrons. The first kappa shape index (κ1) is 37.4. The Kier molecular flexibility index (Phi) is 12.3. The number of rotatable bonds is 13. The molecule has 6 heteroatoms. The van der Waals surface area contributed by atoms with Crippen LogP contribution in [0.2, 0.25) is 5.04 Å². The summed E-state index contributed by atoms with van der Waals surface area (Å²) in [6.45, 7) is 24.3. The summed E-state index contributed by atoms with van der Waals surface area (Å²) in [6, 6.07) is 39.4. The predicted octanol–water partition coefficient (Wildman–Crippen LogP) is 7.92. The van der Waals surface area contributed by atoms with E-state index in [2.05, 4.69) is 162 Å². The van der Waals surface area contributed by atoms with Crippen LogP contribution in [-0.4, -0.2) is 73.7 Å². The van der Waals surface area contributed by atoms with Crippen molar-refractivity contribution in [1.29, 1.82) is 0 Å². The van der Waals surface area contributed by atoms with Gasteiger partial charge in [-0.2, -0.15) is 0 Å². The van der Waals surface area contributed by atoms with Gasteiger partial charge in [-0.1, -0.05) is 130 Å². The number of nitrogens with zero attached hydrogens (tertiary/aromatic N) is 3. The maximum absolute atomic E-state index is 14.0. The van der Waals surface area contributed by atoms with Crippen molar-refractivity contribution in [2.75, 3.05) is 32.7 Å². The third kappa shape index (κ3) is 7.74. The molecule has 5 rings (SSSR count). The van der Waals surface area contributed by atoms with Gasteiger partial charge >= 0.3 is 0 Å². The topological polar surface area (TPSA) is 36.0 Å². The number of piperazine rings is 1. The van der Waals surface area contributed by atoms with Crippen LogP contribution >= 0.6 is 0 Å². The van der Waals surface area contributed by atoms with Crippen molar-refractivity contribution in [2.24, 2.45) is 0 Å². The minimum atomic E-state index is -2.73. The Bertz CT molecular complexity index is 1660. The lowest BCUT2D eigenvalue weighted by Crippen LogP contribution is -2.66. The van der Waals surface area contributed by atoms with Gasteiger partial charge in [0.25, 0.3) is 14.2 Å². The zero-order valence-electron chi connectivity index (χ0n) is 31.3. The van der Waals surface area contributed by atoms with Crippen molar-refractivity contribution in [2.45, 2.75) is 78.2 Å². The average Bonchev–Trinajstić information content (AvgIpc) is 3.12. The highest BCUT2D eigenvalue weighted by molar-refractivity contribution is 6.99. The summed E-state index contributed by atoms with van der Waals surface area (Å²) in [4.78, 5) is 21.1. The molecule has 1 aliphatic rings. The molecule has 3 atom stereocenters. The van der Waals surface area contributed by atoms with Gasteiger partial charge in [0.2, 0.25) is 0 Å². The Labute approximate surface area is 302 Å². The molecule has 1 unspecified atom stereocenters. The number of amides is 1. The molecule has 0 spiro atoms. The third-order valence-corrected chi connectivity index (χ3v) is 15.5. The Morgan fingerprint density at radius 3 is 2.04 bits per heavy atom. The lowest BCUT2D eigenvalue weighted by atomic mass is 9.89. The van der Waals surface area contributed by atoms with Gasteiger partial charge < -0.3 is 9.33 Å². The molecular formula is C44H57N3O2Si. The molecule has 50 heavy (non-hydrogen) atoms. The molecule has 4 aromatic rings. The van der Waals surface area contributed by atoms with Crippen LogP contribution in [0.25, 0.3) is 0 Å². The van der Waals surface area contributed by atoms with Gasteiger partial charge in [0.15, 0.2) is 0 Å². The fourth-order valence-corrected chi connectivity index (χ4v) is 12.5. The van der Waals surface area contributed by atoms with E-state index < -0.39 is 8.32 Å². The molecule has 1 fully saturated rings. The van der Waals surface area contributed by atoms with Gasteiger partial charge in [-0.25, -0.2) is 0 Å². The average molecular weight is 688 g/mol. The molecule has 1 heterocycles. The Balaban J connectivity index is 1.60. The van der Waals surface area contributed by atoms with E-state index in [4.69, 9.17) is 4.43 Å². The Morgan fingerprint density at radius 2 is 1.46 bits per heavy atom. The first-order chi connectivity index (χ1) is 24.0. The van der Waals surface area contributed by atoms with E-state index in [1.54, 1.807) is 0 Å². The molecule has 0 aliphatic carbocycles. The third-order valence-electron chi connectivity index (χ3n) is 10.5. The number of benzene rings is 4. The molecule has 0 bridgehead atoms. The van der Waals surface area contributed by atoms with Crippen molar-refractivity contribution in [3.8, 4) is 0 Å². The van der Waals surface area contributed by atoms with E-state index in [0.29, 0.717) is 25.7 Å². The Hall–Kier alpha value is -3.81. The largest absolute Gasteiger partial charge is 0.403 e. The van der Waals surface area contributed by atoms with Gasteiger partial charge in [0, 0.05) is 50.4 Å². The first-order valence-electron chi connectivity index (χ1n) is 18.4. The smallest absolute Gasteiger partial charge is 0.261 e. The van der Waals surface area contributed by atoms with Crippen LogP contribution in [0.15, 0.2) is 122 Å². The van der Waals surface area contributed by atoms with Crippen LogP contribution in [0.1, 0.15) is 81.6 Å². The van der Waals surface area contributed by atoms with Crippen molar-refractivity contribution in [1.82, 2.24) is 14.7 Å². The quantitative estimate of drug-likeness (QED) is 0.106. The lowest BCUT2D eigenvalue weighted by molar-refractivity contribution is 0.0302. The first-order valence-corrected chi connectivity index (χ1v) is 20.3. The van der Waals surface area contributed by atoms with Gasteiger partial charge in [0.05, 0.1) is 12.6 Å². The van der Waals surface area contributed by atoms with Gasteiger partial charge in [-0.3, -0.25) is 14.6 Å². The molecule has 0 radical (unpaired) electrons. The summed E-state index contributed by atoms with van der Waals surface area (Å²) in [7, 11) is -2.73. The number of carbonyl (C=O) groups excluding carboxylic acids is 1. The molecule has 0 aromatic heterocycles. The summed E-state index contributed by atoms with van der Waals surface area (Å²) < 4.78 is 7.39. The number of carbonyl (C=O) groups is 1. The molecule has 0 N–H and O–H groups in total. The Morgan fingerprint density at radius 1 is 0.860 bits per heavy atom. The van der Waals surface area contributed by atoms with Crippen LogP contribution in [0, 0.1) is 0 Å². The summed E-state index contributed by atoms with van der Waals surface area (Å²) in [5.41, 5.74) is 4.16. The summed E-state index contributed by atoms with van der Waals surface area (Å²) in [5.74, 6) is 0.0905. The van der Waals surface area contributed by atoms with Crippen molar-refractivity contribution in [3.63, 3.8) is 0 Å². The molecule has 5 nitrogen and oxygen atoms in total. The molecule has 4 aromatic carbocycles. The molecular weight excluding hydrogens is 631 g/mol. The highest BCUT2D eigenvalue weighted by atomic mass is 28.4. The van der Waals surface area contributed by atoms with Gasteiger partial charge in [-0.15, -0.1) is 6.58 Å². The number of hydrogen-bond acceptors (Lipinski definition) is 4. The second kappa shape index (κ2) is 16.5. The van der Waals surface area contributed by atoms with E-state index in [1.165, 1.54) is 15.9 Å². The van der Waals surface area contributed by atoms with E-state index in [-0.39, 0.29) is 23.0 Å². The molecule has 1 amide bonds. The van der Waals surface area contributed by atoms with Crippen molar-refractivity contribution >= 4 is 24.6 Å². The van der Waals surface area contributed by atoms with Gasteiger partial charge in [-0.05, 0) is 65.9 Å². The monoisotopic (exact) mass is 687 g/mol. The zero-order chi connectivity index (χ0) is 35.9. The maximum atomic E-state index is 14.0. The van der Waals surface area contributed by atoms with Crippen LogP contribution in [0.3, 0.4) is 0 Å². The predicted molar refractivity (Wildman–Crippen MR) is 212 cm³/mol. The highest BCUT2D eigenvalue weighted by Gasteiger charge is 2.50. The number of hydrogen-bond donors (Lipinski definition) is 0. The standard InChI is InChI=1S/C44H57N3O2Si/c1-9-29-46-31-35(5)47(32-34(46)4)42(40-27-18-19-28-41(40)43(48)45(10-2)11-3)37-22-20-21-36(30-37)33-49-50(44(6,7)8,38-23-14-12-15-24-38)39-25-16-13-17-26-39/h9,12-28,30,34-35,42H,1,10-11,29,31-33H2,2-8H3/t34-,35+,42?/m0/s1. The summed E-state index contributed by atoms with van der Waals surface area (Å²) >= 11 is 0. The second-order valence-corrected chi connectivity index (χ2v) is 19.1. The SMILES string of the molecule is C=CCN1C[C@@H](C)N(C(c2cccc(CO[Si](c3ccccc3)(c3ccccc3)C(C)(C)C)c2)c2ccccc2C(=O)N(CC)CC)C[C@@H]1C. The minimum absolute atomic E-state index is 0.0905.